The highest BCUT2D eigenvalue weighted by Crippen LogP contribution is 2.36. The molecule has 1 aliphatic heterocycles. The molecule has 1 saturated heterocycles. The highest BCUT2D eigenvalue weighted by Gasteiger charge is 2.50. The first kappa shape index (κ1) is 21.7. The van der Waals surface area contributed by atoms with Gasteiger partial charge in [0.15, 0.2) is 24.2 Å². The molecule has 30 heavy (non-hydrogen) atoms. The average molecular weight is 425 g/mol. The first-order valence-electron chi connectivity index (χ1n) is 9.40. The van der Waals surface area contributed by atoms with Crippen LogP contribution in [0.3, 0.4) is 0 Å². The maximum Gasteiger partial charge on any atom is 0.332 e. The van der Waals surface area contributed by atoms with E-state index in [9.17, 15) is 14.4 Å². The molecule has 0 spiro atoms. The quantitative estimate of drug-likeness (QED) is 0.657. The smallest absolute Gasteiger partial charge is 0.332 e. The van der Waals surface area contributed by atoms with Crippen LogP contribution in [-0.4, -0.2) is 56.5 Å². The number of methoxy groups -OCH3 is 1. The van der Waals surface area contributed by atoms with Gasteiger partial charge in [0, 0.05) is 13.5 Å². The molecule has 0 unspecified atom stereocenters. The zero-order valence-corrected chi connectivity index (χ0v) is 17.1. The number of esters is 2. The SMILES string of the molecule is COC(=O)C[C@H]1O[C@@H](n2c(=O)n(CC(C)C)c3cnc(N)nc32)[C@H](OC(C)=O)[C@@H]1F. The van der Waals surface area contributed by atoms with Gasteiger partial charge in [-0.25, -0.2) is 18.7 Å². The van der Waals surface area contributed by atoms with E-state index in [2.05, 4.69) is 14.7 Å². The van der Waals surface area contributed by atoms with Crippen molar-refractivity contribution in [1.82, 2.24) is 19.1 Å². The first-order valence-corrected chi connectivity index (χ1v) is 9.40. The van der Waals surface area contributed by atoms with Crippen LogP contribution in [0, 0.1) is 5.92 Å². The number of hydrogen-bond donors (Lipinski definition) is 1. The van der Waals surface area contributed by atoms with Crippen molar-refractivity contribution in [2.75, 3.05) is 12.8 Å². The highest BCUT2D eigenvalue weighted by atomic mass is 19.1. The molecule has 1 fully saturated rings. The van der Waals surface area contributed by atoms with Crippen molar-refractivity contribution >= 4 is 29.1 Å². The van der Waals surface area contributed by atoms with Crippen molar-refractivity contribution < 1.29 is 28.2 Å². The van der Waals surface area contributed by atoms with Gasteiger partial charge in [0.2, 0.25) is 5.95 Å². The second-order valence-corrected chi connectivity index (χ2v) is 7.46. The summed E-state index contributed by atoms with van der Waals surface area (Å²) in [5, 5.41) is 0. The standard InChI is InChI=1S/C18H24FN5O6/c1-8(2)7-23-10-6-21-17(20)22-15(10)24(18(23)27)16-14(29-9(3)25)13(19)11(30-16)5-12(26)28-4/h6,8,11,13-14,16H,5,7H2,1-4H3,(H2,20,21,22)/t11-,13-,14-,16-/m1/s1. The number of fused-ring (bicyclic) bond motifs is 1. The van der Waals surface area contributed by atoms with Crippen LogP contribution in [-0.2, 0) is 30.3 Å². The molecule has 0 aliphatic carbocycles. The van der Waals surface area contributed by atoms with Crippen molar-refractivity contribution in [3.05, 3.63) is 16.7 Å². The number of anilines is 1. The van der Waals surface area contributed by atoms with Crippen LogP contribution in [0.15, 0.2) is 11.0 Å². The number of carbonyl (C=O) groups is 2. The van der Waals surface area contributed by atoms with Crippen LogP contribution < -0.4 is 11.4 Å². The molecule has 0 bridgehead atoms. The maximum atomic E-state index is 15.1. The number of hydrogen-bond acceptors (Lipinski definition) is 9. The lowest BCUT2D eigenvalue weighted by Gasteiger charge is -2.20. The first-order chi connectivity index (χ1) is 14.1. The van der Waals surface area contributed by atoms with Crippen molar-refractivity contribution in [2.45, 2.75) is 58.3 Å². The van der Waals surface area contributed by atoms with Crippen LogP contribution in [0.2, 0.25) is 0 Å². The molecule has 4 atom stereocenters. The minimum absolute atomic E-state index is 0.0945. The summed E-state index contributed by atoms with van der Waals surface area (Å²) in [6.07, 6.45) is -4.98. The lowest BCUT2D eigenvalue weighted by atomic mass is 10.1. The molecular weight excluding hydrogens is 401 g/mol. The zero-order chi connectivity index (χ0) is 22.2. The summed E-state index contributed by atoms with van der Waals surface area (Å²) in [5.41, 5.74) is 5.64. The molecule has 0 aromatic carbocycles. The van der Waals surface area contributed by atoms with E-state index in [0.717, 1.165) is 18.6 Å². The highest BCUT2D eigenvalue weighted by molar-refractivity contribution is 5.72. The average Bonchev–Trinajstić information content (AvgIpc) is 3.09. The number of carbonyl (C=O) groups excluding carboxylic acids is 2. The Hall–Kier alpha value is -3.02. The largest absolute Gasteiger partial charge is 0.469 e. The van der Waals surface area contributed by atoms with Crippen molar-refractivity contribution in [3.63, 3.8) is 0 Å². The van der Waals surface area contributed by atoms with Gasteiger partial charge in [-0.15, -0.1) is 0 Å². The number of aromatic nitrogens is 4. The van der Waals surface area contributed by atoms with Crippen LogP contribution in [0.1, 0.15) is 33.4 Å². The predicted octanol–water partition coefficient (Wildman–Crippen LogP) is 0.562. The molecular formula is C18H24FN5O6. The lowest BCUT2D eigenvalue weighted by molar-refractivity contribution is -0.154. The normalized spacial score (nSPS) is 23.8. The Morgan fingerprint density at radius 3 is 2.70 bits per heavy atom. The van der Waals surface area contributed by atoms with E-state index in [1.54, 1.807) is 0 Å². The van der Waals surface area contributed by atoms with E-state index in [-0.39, 0.29) is 17.5 Å². The van der Waals surface area contributed by atoms with Crippen LogP contribution in [0.4, 0.5) is 10.3 Å². The predicted molar refractivity (Wildman–Crippen MR) is 102 cm³/mol. The number of halogens is 1. The number of alkyl halides is 1. The van der Waals surface area contributed by atoms with Gasteiger partial charge in [0.25, 0.3) is 0 Å². The number of nitrogens with two attached hydrogens (primary N) is 1. The Kier molecular flexibility index (Phi) is 6.06. The van der Waals surface area contributed by atoms with Gasteiger partial charge in [0.1, 0.15) is 11.6 Å². The molecule has 3 heterocycles. The van der Waals surface area contributed by atoms with Crippen LogP contribution >= 0.6 is 0 Å². The molecule has 3 rings (SSSR count). The number of nitrogen functional groups attached to an aromatic ring is 1. The van der Waals surface area contributed by atoms with Crippen molar-refractivity contribution in [1.29, 1.82) is 0 Å². The van der Waals surface area contributed by atoms with Gasteiger partial charge in [-0.2, -0.15) is 4.98 Å². The summed E-state index contributed by atoms with van der Waals surface area (Å²) >= 11 is 0. The molecule has 2 aromatic heterocycles. The van der Waals surface area contributed by atoms with E-state index in [4.69, 9.17) is 15.2 Å². The van der Waals surface area contributed by atoms with Crippen molar-refractivity contribution in [3.8, 4) is 0 Å². The molecule has 0 amide bonds. The van der Waals surface area contributed by atoms with Gasteiger partial charge in [0.05, 0.1) is 19.7 Å². The Balaban J connectivity index is 2.14. The molecule has 2 aromatic rings. The summed E-state index contributed by atoms with van der Waals surface area (Å²) in [7, 11) is 1.16. The molecule has 0 saturated carbocycles. The van der Waals surface area contributed by atoms with E-state index in [0.29, 0.717) is 12.1 Å². The Labute approximate surface area is 170 Å². The fourth-order valence-corrected chi connectivity index (χ4v) is 3.47. The van der Waals surface area contributed by atoms with Gasteiger partial charge in [-0.1, -0.05) is 13.8 Å². The van der Waals surface area contributed by atoms with E-state index >= 15 is 4.39 Å². The maximum absolute atomic E-state index is 15.1. The molecule has 0 radical (unpaired) electrons. The van der Waals surface area contributed by atoms with Gasteiger partial charge in [-0.05, 0) is 5.92 Å². The zero-order valence-electron chi connectivity index (χ0n) is 17.1. The number of imidazole rings is 1. The molecule has 164 valence electrons. The number of ether oxygens (including phenoxy) is 3. The molecule has 11 nitrogen and oxygen atoms in total. The summed E-state index contributed by atoms with van der Waals surface area (Å²) in [6.45, 7) is 5.30. The van der Waals surface area contributed by atoms with Crippen molar-refractivity contribution in [2.24, 2.45) is 5.92 Å². The van der Waals surface area contributed by atoms with Gasteiger partial charge in [-0.3, -0.25) is 14.2 Å². The van der Waals surface area contributed by atoms with Gasteiger partial charge < -0.3 is 19.9 Å². The number of rotatable bonds is 6. The second-order valence-electron chi connectivity index (χ2n) is 7.46. The Morgan fingerprint density at radius 2 is 2.10 bits per heavy atom. The second kappa shape index (κ2) is 8.38. The molecule has 12 heteroatoms. The third-order valence-corrected chi connectivity index (χ3v) is 4.69. The topological polar surface area (TPSA) is 141 Å². The number of nitrogens with zero attached hydrogens (tertiary/aromatic N) is 4. The summed E-state index contributed by atoms with van der Waals surface area (Å²) < 4.78 is 33.0. The van der Waals surface area contributed by atoms with Crippen LogP contribution in [0.25, 0.3) is 11.2 Å². The van der Waals surface area contributed by atoms with Gasteiger partial charge >= 0.3 is 17.6 Å². The minimum Gasteiger partial charge on any atom is -0.469 e. The Morgan fingerprint density at radius 1 is 1.40 bits per heavy atom. The molecule has 1 aliphatic rings. The minimum atomic E-state index is -1.87. The summed E-state index contributed by atoms with van der Waals surface area (Å²) in [6, 6.07) is 0. The van der Waals surface area contributed by atoms with E-state index < -0.39 is 48.7 Å². The summed E-state index contributed by atoms with van der Waals surface area (Å²) in [4.78, 5) is 44.5. The van der Waals surface area contributed by atoms with Crippen LogP contribution in [0.5, 0.6) is 0 Å². The lowest BCUT2D eigenvalue weighted by Crippen LogP contribution is -2.37. The monoisotopic (exact) mass is 425 g/mol. The fraction of sp³-hybridized carbons (Fsp3) is 0.611. The Bertz CT molecular complexity index is 1020. The third kappa shape index (κ3) is 3.99. The molecule has 2 N–H and O–H groups in total. The van der Waals surface area contributed by atoms with E-state index in [1.165, 1.54) is 10.8 Å². The third-order valence-electron chi connectivity index (χ3n) is 4.69. The summed E-state index contributed by atoms with van der Waals surface area (Å²) in [5.74, 6) is -1.45. The fourth-order valence-electron chi connectivity index (χ4n) is 3.47. The van der Waals surface area contributed by atoms with E-state index in [1.807, 2.05) is 13.8 Å².